The van der Waals surface area contributed by atoms with E-state index in [4.69, 9.17) is 0 Å². The SMILES string of the molecule is C=CC(=O)N=S(=O)=O. The van der Waals surface area contributed by atoms with Crippen LogP contribution in [0.3, 0.4) is 0 Å². The zero-order chi connectivity index (χ0) is 6.57. The first kappa shape index (κ1) is 7.03. The molecule has 0 saturated heterocycles. The van der Waals surface area contributed by atoms with Crippen LogP contribution >= 0.6 is 0 Å². The fourth-order valence-electron chi connectivity index (χ4n) is 0.111. The van der Waals surface area contributed by atoms with E-state index in [0.717, 1.165) is 6.08 Å². The van der Waals surface area contributed by atoms with Crippen molar-refractivity contribution >= 4 is 16.4 Å². The van der Waals surface area contributed by atoms with Gasteiger partial charge < -0.3 is 0 Å². The van der Waals surface area contributed by atoms with Crippen LogP contribution in [0.4, 0.5) is 0 Å². The second-order valence-corrected chi connectivity index (χ2v) is 1.47. The Kier molecular flexibility index (Phi) is 2.71. The lowest BCUT2D eigenvalue weighted by molar-refractivity contribution is -0.113. The molecule has 0 spiro atoms. The van der Waals surface area contributed by atoms with Gasteiger partial charge in [-0.05, 0) is 6.08 Å². The van der Waals surface area contributed by atoms with Gasteiger partial charge in [-0.25, -0.2) is 0 Å². The van der Waals surface area contributed by atoms with E-state index in [0.29, 0.717) is 0 Å². The van der Waals surface area contributed by atoms with Crippen molar-refractivity contribution in [3.63, 3.8) is 0 Å². The van der Waals surface area contributed by atoms with Crippen molar-refractivity contribution in [2.75, 3.05) is 0 Å². The Balaban J connectivity index is 4.34. The molecule has 0 heterocycles. The van der Waals surface area contributed by atoms with Crippen LogP contribution in [-0.4, -0.2) is 14.3 Å². The van der Waals surface area contributed by atoms with Crippen molar-refractivity contribution in [2.24, 2.45) is 4.36 Å². The third-order valence-electron chi connectivity index (χ3n) is 0.339. The molecule has 0 saturated carbocycles. The Morgan fingerprint density at radius 1 is 1.62 bits per heavy atom. The molecule has 0 aromatic heterocycles. The molecule has 5 heteroatoms. The van der Waals surface area contributed by atoms with E-state index in [1.54, 1.807) is 0 Å². The first-order valence-electron chi connectivity index (χ1n) is 1.64. The third kappa shape index (κ3) is 3.23. The van der Waals surface area contributed by atoms with Crippen LogP contribution in [-0.2, 0) is 15.3 Å². The average Bonchev–Trinajstić information content (AvgIpc) is 1.65. The summed E-state index contributed by atoms with van der Waals surface area (Å²) in [5, 5.41) is 0. The summed E-state index contributed by atoms with van der Waals surface area (Å²) in [5.41, 5.74) is 0. The van der Waals surface area contributed by atoms with Gasteiger partial charge in [0.1, 0.15) is 0 Å². The summed E-state index contributed by atoms with van der Waals surface area (Å²) in [6.45, 7) is 3.00. The van der Waals surface area contributed by atoms with Gasteiger partial charge in [0, 0.05) is 0 Å². The zero-order valence-electron chi connectivity index (χ0n) is 3.86. The van der Waals surface area contributed by atoms with Crippen LogP contribution in [0, 0.1) is 0 Å². The summed E-state index contributed by atoms with van der Waals surface area (Å²) in [5.74, 6) is -0.849. The minimum atomic E-state index is -2.64. The highest BCUT2D eigenvalue weighted by Gasteiger charge is 1.85. The van der Waals surface area contributed by atoms with Crippen molar-refractivity contribution in [3.05, 3.63) is 12.7 Å². The number of hydrogen-bond acceptors (Lipinski definition) is 3. The molecule has 8 heavy (non-hydrogen) atoms. The topological polar surface area (TPSA) is 63.6 Å². The molecular formula is C3H3NO3S. The molecule has 0 rings (SSSR count). The molecular weight excluding hydrogens is 130 g/mol. The summed E-state index contributed by atoms with van der Waals surface area (Å²) >= 11 is 0. The molecule has 0 fully saturated rings. The lowest BCUT2D eigenvalue weighted by Gasteiger charge is -1.66. The van der Waals surface area contributed by atoms with E-state index in [1.165, 1.54) is 0 Å². The molecule has 0 aliphatic heterocycles. The Morgan fingerprint density at radius 2 is 2.12 bits per heavy atom. The predicted octanol–water partition coefficient (Wildman–Crippen LogP) is -0.238. The summed E-state index contributed by atoms with van der Waals surface area (Å²) < 4.78 is 21.6. The van der Waals surface area contributed by atoms with Crippen LogP contribution in [0.2, 0.25) is 0 Å². The van der Waals surface area contributed by atoms with Crippen LogP contribution in [0.25, 0.3) is 0 Å². The van der Waals surface area contributed by atoms with Gasteiger partial charge in [0.15, 0.2) is 0 Å². The smallest absolute Gasteiger partial charge is 0.266 e. The molecule has 0 aliphatic carbocycles. The highest BCUT2D eigenvalue weighted by Crippen LogP contribution is 1.71. The van der Waals surface area contributed by atoms with E-state index in [9.17, 15) is 13.2 Å². The van der Waals surface area contributed by atoms with Crippen LogP contribution < -0.4 is 0 Å². The number of nitrogens with zero attached hydrogens (tertiary/aromatic N) is 1. The summed E-state index contributed by atoms with van der Waals surface area (Å²) in [6, 6.07) is 0. The van der Waals surface area contributed by atoms with Crippen molar-refractivity contribution < 1.29 is 13.2 Å². The molecule has 0 N–H and O–H groups in total. The van der Waals surface area contributed by atoms with E-state index in [2.05, 4.69) is 10.9 Å². The van der Waals surface area contributed by atoms with Gasteiger partial charge in [0.05, 0.1) is 0 Å². The molecule has 0 radical (unpaired) electrons. The number of carbonyl (C=O) groups excluding carboxylic acids is 1. The summed E-state index contributed by atoms with van der Waals surface area (Å²) in [4.78, 5) is 9.94. The van der Waals surface area contributed by atoms with Gasteiger partial charge in [-0.2, -0.15) is 8.42 Å². The van der Waals surface area contributed by atoms with Gasteiger partial charge in [0.2, 0.25) is 0 Å². The maximum absolute atomic E-state index is 9.94. The van der Waals surface area contributed by atoms with E-state index < -0.39 is 16.4 Å². The second-order valence-electron chi connectivity index (χ2n) is 0.851. The van der Waals surface area contributed by atoms with Crippen molar-refractivity contribution in [3.8, 4) is 0 Å². The van der Waals surface area contributed by atoms with Crippen molar-refractivity contribution in [2.45, 2.75) is 0 Å². The Morgan fingerprint density at radius 3 is 2.25 bits per heavy atom. The molecule has 0 bridgehead atoms. The van der Waals surface area contributed by atoms with Crippen LogP contribution in [0.1, 0.15) is 0 Å². The Labute approximate surface area is 47.5 Å². The lowest BCUT2D eigenvalue weighted by Crippen LogP contribution is -1.81. The van der Waals surface area contributed by atoms with E-state index in [1.807, 2.05) is 0 Å². The molecule has 4 nitrogen and oxygen atoms in total. The van der Waals surface area contributed by atoms with Crippen molar-refractivity contribution in [1.29, 1.82) is 0 Å². The maximum atomic E-state index is 9.94. The highest BCUT2D eigenvalue weighted by atomic mass is 32.2. The number of amides is 1. The van der Waals surface area contributed by atoms with Crippen molar-refractivity contribution in [1.82, 2.24) is 0 Å². The van der Waals surface area contributed by atoms with Gasteiger partial charge in [-0.15, -0.1) is 0 Å². The largest absolute Gasteiger partial charge is 0.319 e. The third-order valence-corrected chi connectivity index (χ3v) is 0.668. The van der Waals surface area contributed by atoms with Gasteiger partial charge in [-0.3, -0.25) is 4.79 Å². The monoisotopic (exact) mass is 133 g/mol. The second kappa shape index (κ2) is 3.09. The lowest BCUT2D eigenvalue weighted by atomic mass is 10.6. The van der Waals surface area contributed by atoms with Gasteiger partial charge in [0.25, 0.3) is 5.91 Å². The fourth-order valence-corrected chi connectivity index (χ4v) is 0.332. The van der Waals surface area contributed by atoms with E-state index >= 15 is 0 Å². The number of rotatable bonds is 1. The summed E-state index contributed by atoms with van der Waals surface area (Å²) in [6.07, 6.45) is 0.815. The number of carbonyl (C=O) groups is 1. The Bertz CT molecular complexity index is 217. The van der Waals surface area contributed by atoms with Crippen LogP contribution in [0.5, 0.6) is 0 Å². The Hall–Kier alpha value is -0.970. The maximum Gasteiger partial charge on any atom is 0.319 e. The standard InChI is InChI=1S/C3H3NO3S/c1-2-3(5)4-8(6)7/h2H,1H2. The average molecular weight is 133 g/mol. The minimum Gasteiger partial charge on any atom is -0.266 e. The molecule has 0 aromatic carbocycles. The quantitative estimate of drug-likeness (QED) is 0.464. The fraction of sp³-hybridized carbons (Fsp3) is 0. The zero-order valence-corrected chi connectivity index (χ0v) is 4.68. The minimum absolute atomic E-state index is 0.815. The first-order chi connectivity index (χ1) is 3.66. The van der Waals surface area contributed by atoms with E-state index in [-0.39, 0.29) is 0 Å². The molecule has 0 aliphatic rings. The van der Waals surface area contributed by atoms with Gasteiger partial charge >= 0.3 is 10.5 Å². The predicted molar refractivity (Wildman–Crippen MR) is 26.6 cm³/mol. The van der Waals surface area contributed by atoms with Crippen LogP contribution in [0.15, 0.2) is 17.0 Å². The normalized spacial score (nSPS) is 7.50. The number of hydrogen-bond donors (Lipinski definition) is 0. The van der Waals surface area contributed by atoms with Gasteiger partial charge in [-0.1, -0.05) is 10.9 Å². The molecule has 0 aromatic rings. The first-order valence-corrected chi connectivity index (χ1v) is 2.67. The molecule has 0 atom stereocenters. The molecule has 1 amide bonds. The highest BCUT2D eigenvalue weighted by molar-refractivity contribution is 7.62. The summed E-state index contributed by atoms with van der Waals surface area (Å²) in [7, 11) is -2.64. The molecule has 44 valence electrons. The molecule has 0 unspecified atom stereocenters.